The summed E-state index contributed by atoms with van der Waals surface area (Å²) in [5.74, 6) is 0.511. The standard InChI is InChI=1S/C31H27ClFN5O/c1-3-26-25-19-37(31(39)34-27-18-22(32)15-14-20(27)2)29(21-9-7-10-23(33)17-21)28-13-8-16-36(28)30(25)38(35-26)24-11-5-4-6-12-24/h4-18,29H,3,19H2,1-2H3,(H,34,39)/t29-/m0/s1. The highest BCUT2D eigenvalue weighted by Crippen LogP contribution is 2.39. The third-order valence-corrected chi connectivity index (χ3v) is 7.41. The summed E-state index contributed by atoms with van der Waals surface area (Å²) in [4.78, 5) is 15.9. The van der Waals surface area contributed by atoms with Crippen molar-refractivity contribution in [3.63, 3.8) is 0 Å². The van der Waals surface area contributed by atoms with E-state index in [1.165, 1.54) is 12.1 Å². The number of aryl methyl sites for hydroxylation is 2. The Morgan fingerprint density at radius 3 is 2.64 bits per heavy atom. The number of fused-ring (bicyclic) bond motifs is 3. The molecule has 196 valence electrons. The molecular formula is C31H27ClFN5O. The largest absolute Gasteiger partial charge is 0.322 e. The van der Waals surface area contributed by atoms with Gasteiger partial charge >= 0.3 is 6.03 Å². The van der Waals surface area contributed by atoms with E-state index < -0.39 is 6.04 Å². The highest BCUT2D eigenvalue weighted by Gasteiger charge is 2.36. The lowest BCUT2D eigenvalue weighted by molar-refractivity contribution is 0.194. The monoisotopic (exact) mass is 539 g/mol. The molecule has 6 nitrogen and oxygen atoms in total. The minimum absolute atomic E-state index is 0.277. The van der Waals surface area contributed by atoms with Crippen LogP contribution in [0.15, 0.2) is 91.1 Å². The van der Waals surface area contributed by atoms with Gasteiger partial charge in [-0.05, 0) is 73.0 Å². The Hall–Kier alpha value is -4.36. The van der Waals surface area contributed by atoms with Gasteiger partial charge in [0.25, 0.3) is 0 Å². The van der Waals surface area contributed by atoms with Crippen molar-refractivity contribution in [2.75, 3.05) is 5.32 Å². The number of nitrogens with zero attached hydrogens (tertiary/aromatic N) is 4. The van der Waals surface area contributed by atoms with Crippen molar-refractivity contribution in [2.45, 2.75) is 32.9 Å². The number of para-hydroxylation sites is 1. The first-order valence-electron chi connectivity index (χ1n) is 12.9. The maximum atomic E-state index is 14.6. The van der Waals surface area contributed by atoms with Crippen molar-refractivity contribution >= 4 is 23.3 Å². The number of rotatable bonds is 4. The number of carbonyl (C=O) groups excluding carboxylic acids is 1. The third-order valence-electron chi connectivity index (χ3n) is 7.17. The molecule has 2 amide bonds. The number of carbonyl (C=O) groups is 1. The summed E-state index contributed by atoms with van der Waals surface area (Å²) >= 11 is 6.25. The van der Waals surface area contributed by atoms with Crippen molar-refractivity contribution in [3.05, 3.63) is 130 Å². The SMILES string of the molecule is CCc1nn(-c2ccccc2)c2c1CN(C(=O)Nc1cc(Cl)ccc1C)[C@@H](c1cccc(F)c1)c1cccn1-2. The molecule has 1 atom stereocenters. The lowest BCUT2D eigenvalue weighted by atomic mass is 10.0. The van der Waals surface area contributed by atoms with Crippen molar-refractivity contribution < 1.29 is 9.18 Å². The minimum Gasteiger partial charge on any atom is -0.307 e. The second kappa shape index (κ2) is 10.1. The number of hydrogen-bond acceptors (Lipinski definition) is 2. The fourth-order valence-electron chi connectivity index (χ4n) is 5.29. The predicted molar refractivity (Wildman–Crippen MR) is 151 cm³/mol. The predicted octanol–water partition coefficient (Wildman–Crippen LogP) is 7.46. The maximum absolute atomic E-state index is 14.6. The van der Waals surface area contributed by atoms with E-state index in [1.807, 2.05) is 72.4 Å². The zero-order valence-corrected chi connectivity index (χ0v) is 22.4. The summed E-state index contributed by atoms with van der Waals surface area (Å²) in [6, 6.07) is 24.8. The van der Waals surface area contributed by atoms with E-state index in [0.717, 1.165) is 34.0 Å². The molecule has 1 aliphatic heterocycles. The molecule has 0 saturated heterocycles. The Morgan fingerprint density at radius 1 is 1.05 bits per heavy atom. The Kier molecular flexibility index (Phi) is 6.45. The number of nitrogens with one attached hydrogen (secondary N) is 1. The molecule has 1 aliphatic rings. The second-order valence-corrected chi connectivity index (χ2v) is 10.1. The van der Waals surface area contributed by atoms with Crippen LogP contribution in [0.3, 0.4) is 0 Å². The molecular weight excluding hydrogens is 513 g/mol. The van der Waals surface area contributed by atoms with Gasteiger partial charge in [0.1, 0.15) is 11.6 Å². The molecule has 39 heavy (non-hydrogen) atoms. The molecule has 6 rings (SSSR count). The van der Waals surface area contributed by atoms with Crippen LogP contribution in [0.5, 0.6) is 0 Å². The number of anilines is 1. The summed E-state index contributed by atoms with van der Waals surface area (Å²) in [6.45, 7) is 4.25. The molecule has 0 aliphatic carbocycles. The molecule has 2 aromatic heterocycles. The first-order chi connectivity index (χ1) is 18.9. The molecule has 0 spiro atoms. The molecule has 0 unspecified atom stereocenters. The lowest BCUT2D eigenvalue weighted by Crippen LogP contribution is -2.38. The lowest BCUT2D eigenvalue weighted by Gasteiger charge is -2.31. The molecule has 0 saturated carbocycles. The smallest absolute Gasteiger partial charge is 0.307 e. The van der Waals surface area contributed by atoms with Gasteiger partial charge in [-0.1, -0.05) is 54.9 Å². The summed E-state index contributed by atoms with van der Waals surface area (Å²) in [5, 5.41) is 8.57. The highest BCUT2D eigenvalue weighted by atomic mass is 35.5. The summed E-state index contributed by atoms with van der Waals surface area (Å²) in [6.07, 6.45) is 2.66. The fourth-order valence-corrected chi connectivity index (χ4v) is 5.46. The summed E-state index contributed by atoms with van der Waals surface area (Å²) < 4.78 is 18.6. The second-order valence-electron chi connectivity index (χ2n) is 9.63. The van der Waals surface area contributed by atoms with Crippen molar-refractivity contribution in [1.82, 2.24) is 19.2 Å². The van der Waals surface area contributed by atoms with Gasteiger partial charge in [0, 0.05) is 22.5 Å². The first kappa shape index (κ1) is 24.9. The zero-order chi connectivity index (χ0) is 27.1. The number of halogens is 2. The third kappa shape index (κ3) is 4.49. The van der Waals surface area contributed by atoms with Crippen LogP contribution in [0.4, 0.5) is 14.9 Å². The van der Waals surface area contributed by atoms with Crippen LogP contribution in [0, 0.1) is 12.7 Å². The Labute approximate surface area is 231 Å². The molecule has 0 radical (unpaired) electrons. The molecule has 5 aromatic rings. The molecule has 0 bridgehead atoms. The fraction of sp³-hybridized carbons (Fsp3) is 0.161. The van der Waals surface area contributed by atoms with Gasteiger partial charge in [-0.2, -0.15) is 5.10 Å². The van der Waals surface area contributed by atoms with Gasteiger partial charge in [-0.3, -0.25) is 0 Å². The van der Waals surface area contributed by atoms with Crippen molar-refractivity contribution in [2.24, 2.45) is 0 Å². The normalized spacial score (nSPS) is 14.5. The van der Waals surface area contributed by atoms with Crippen LogP contribution in [-0.4, -0.2) is 25.3 Å². The van der Waals surface area contributed by atoms with E-state index in [-0.39, 0.29) is 18.4 Å². The quantitative estimate of drug-likeness (QED) is 0.258. The van der Waals surface area contributed by atoms with Crippen LogP contribution >= 0.6 is 11.6 Å². The number of benzene rings is 3. The van der Waals surface area contributed by atoms with E-state index in [4.69, 9.17) is 16.7 Å². The van der Waals surface area contributed by atoms with Gasteiger partial charge in [0.2, 0.25) is 0 Å². The van der Waals surface area contributed by atoms with E-state index in [9.17, 15) is 9.18 Å². The molecule has 8 heteroatoms. The van der Waals surface area contributed by atoms with Crippen LogP contribution in [0.1, 0.15) is 41.0 Å². The van der Waals surface area contributed by atoms with Crippen LogP contribution in [0.2, 0.25) is 5.02 Å². The molecule has 0 fully saturated rings. The summed E-state index contributed by atoms with van der Waals surface area (Å²) in [7, 11) is 0. The molecule has 3 heterocycles. The van der Waals surface area contributed by atoms with Crippen LogP contribution in [-0.2, 0) is 13.0 Å². The van der Waals surface area contributed by atoms with Gasteiger partial charge in [-0.15, -0.1) is 0 Å². The average molecular weight is 540 g/mol. The molecule has 1 N–H and O–H groups in total. The van der Waals surface area contributed by atoms with E-state index in [1.54, 1.807) is 23.1 Å². The zero-order valence-electron chi connectivity index (χ0n) is 21.6. The maximum Gasteiger partial charge on any atom is 0.322 e. The van der Waals surface area contributed by atoms with Crippen molar-refractivity contribution in [1.29, 1.82) is 0 Å². The Bertz CT molecular complexity index is 1680. The highest BCUT2D eigenvalue weighted by molar-refractivity contribution is 6.31. The van der Waals surface area contributed by atoms with E-state index in [2.05, 4.69) is 16.8 Å². The molecule has 3 aromatic carbocycles. The number of hydrogen-bond donors (Lipinski definition) is 1. The topological polar surface area (TPSA) is 55.1 Å². The average Bonchev–Trinajstić information content (AvgIpc) is 3.52. The van der Waals surface area contributed by atoms with E-state index >= 15 is 0 Å². The van der Waals surface area contributed by atoms with Gasteiger partial charge in [-0.25, -0.2) is 13.9 Å². The Morgan fingerprint density at radius 2 is 1.87 bits per heavy atom. The minimum atomic E-state index is -0.559. The van der Waals surface area contributed by atoms with E-state index in [0.29, 0.717) is 22.7 Å². The van der Waals surface area contributed by atoms with Crippen LogP contribution < -0.4 is 5.32 Å². The van der Waals surface area contributed by atoms with Crippen LogP contribution in [0.25, 0.3) is 11.5 Å². The summed E-state index contributed by atoms with van der Waals surface area (Å²) in [5.41, 5.74) is 5.78. The number of amides is 2. The van der Waals surface area contributed by atoms with Crippen molar-refractivity contribution in [3.8, 4) is 11.5 Å². The van der Waals surface area contributed by atoms with Gasteiger partial charge < -0.3 is 14.8 Å². The first-order valence-corrected chi connectivity index (χ1v) is 13.3. The van der Waals surface area contributed by atoms with Gasteiger partial charge in [0.05, 0.1) is 29.7 Å². The number of aromatic nitrogens is 3. The van der Waals surface area contributed by atoms with Gasteiger partial charge in [0.15, 0.2) is 0 Å². The Balaban J connectivity index is 1.56. The number of urea groups is 1.